The lowest BCUT2D eigenvalue weighted by molar-refractivity contribution is 0.0847. The Hall–Kier alpha value is 0.0500. The van der Waals surface area contributed by atoms with Gasteiger partial charge in [-0.25, -0.2) is 8.42 Å². The van der Waals surface area contributed by atoms with Gasteiger partial charge in [-0.3, -0.25) is 0 Å². The molecule has 0 amide bonds. The maximum absolute atomic E-state index is 12.1. The van der Waals surface area contributed by atoms with Crippen molar-refractivity contribution in [3.63, 3.8) is 0 Å². The van der Waals surface area contributed by atoms with E-state index in [0.717, 1.165) is 3.79 Å². The molecular formula is C8H10BrNO3S2. The van der Waals surface area contributed by atoms with Crippen molar-refractivity contribution in [2.75, 3.05) is 13.2 Å². The highest BCUT2D eigenvalue weighted by atomic mass is 79.9. The second-order valence-electron chi connectivity index (χ2n) is 3.14. The molecule has 0 aromatic carbocycles. The van der Waals surface area contributed by atoms with Gasteiger partial charge in [0.15, 0.2) is 0 Å². The highest BCUT2D eigenvalue weighted by Gasteiger charge is 2.34. The van der Waals surface area contributed by atoms with E-state index in [2.05, 4.69) is 15.9 Å². The Morgan fingerprint density at radius 3 is 2.80 bits per heavy atom. The molecule has 1 aliphatic heterocycles. The normalized spacial score (nSPS) is 23.5. The van der Waals surface area contributed by atoms with Gasteiger partial charge in [0.2, 0.25) is 0 Å². The summed E-state index contributed by atoms with van der Waals surface area (Å²) in [6, 6.07) is 3.34. The van der Waals surface area contributed by atoms with Crippen LogP contribution in [-0.2, 0) is 14.8 Å². The maximum Gasteiger partial charge on any atom is 0.254 e. The molecule has 1 saturated heterocycles. The van der Waals surface area contributed by atoms with Crippen molar-refractivity contribution in [2.24, 2.45) is 0 Å². The van der Waals surface area contributed by atoms with E-state index in [-0.39, 0.29) is 6.23 Å². The Morgan fingerprint density at radius 1 is 1.60 bits per heavy atom. The van der Waals surface area contributed by atoms with Crippen LogP contribution in [0, 0.1) is 0 Å². The predicted octanol–water partition coefficient (Wildman–Crippen LogP) is 1.88. The zero-order valence-corrected chi connectivity index (χ0v) is 11.2. The SMILES string of the molecule is CC1OCCN1S(=O)(=O)c1ccc(Br)s1. The lowest BCUT2D eigenvalue weighted by Crippen LogP contribution is -2.33. The van der Waals surface area contributed by atoms with Crippen molar-refractivity contribution < 1.29 is 13.2 Å². The van der Waals surface area contributed by atoms with E-state index in [9.17, 15) is 8.42 Å². The molecule has 7 heteroatoms. The summed E-state index contributed by atoms with van der Waals surface area (Å²) in [5, 5.41) is 0. The number of nitrogens with zero attached hydrogens (tertiary/aromatic N) is 1. The highest BCUT2D eigenvalue weighted by Crippen LogP contribution is 2.30. The van der Waals surface area contributed by atoms with Crippen molar-refractivity contribution in [3.8, 4) is 0 Å². The summed E-state index contributed by atoms with van der Waals surface area (Å²) in [4.78, 5) is 0. The molecule has 2 rings (SSSR count). The molecular weight excluding hydrogens is 302 g/mol. The third-order valence-corrected chi connectivity index (χ3v) is 6.23. The fraction of sp³-hybridized carbons (Fsp3) is 0.500. The first-order valence-electron chi connectivity index (χ1n) is 4.40. The molecule has 0 bridgehead atoms. The number of hydrogen-bond donors (Lipinski definition) is 0. The van der Waals surface area contributed by atoms with Crippen LogP contribution in [0.4, 0.5) is 0 Å². The minimum atomic E-state index is -3.37. The van der Waals surface area contributed by atoms with E-state index in [1.807, 2.05) is 0 Å². The van der Waals surface area contributed by atoms with Gasteiger partial charge in [0, 0.05) is 6.54 Å². The van der Waals surface area contributed by atoms with E-state index in [1.54, 1.807) is 19.1 Å². The van der Waals surface area contributed by atoms with E-state index in [4.69, 9.17) is 4.74 Å². The second-order valence-corrected chi connectivity index (χ2v) is 7.72. The molecule has 0 saturated carbocycles. The average molecular weight is 312 g/mol. The van der Waals surface area contributed by atoms with Crippen molar-refractivity contribution in [3.05, 3.63) is 15.9 Å². The summed E-state index contributed by atoms with van der Waals surface area (Å²) in [5.74, 6) is 0. The predicted molar refractivity (Wildman–Crippen MR) is 61.3 cm³/mol. The number of rotatable bonds is 2. The Morgan fingerprint density at radius 2 is 2.33 bits per heavy atom. The van der Waals surface area contributed by atoms with E-state index in [1.165, 1.54) is 15.6 Å². The van der Waals surface area contributed by atoms with E-state index >= 15 is 0 Å². The monoisotopic (exact) mass is 311 g/mol. The third kappa shape index (κ3) is 2.12. The van der Waals surface area contributed by atoms with E-state index < -0.39 is 10.0 Å². The quantitative estimate of drug-likeness (QED) is 0.838. The second kappa shape index (κ2) is 4.14. The standard InChI is InChI=1S/C8H10BrNO3S2/c1-6-10(4-5-13-6)15(11,12)8-3-2-7(9)14-8/h2-3,6H,4-5H2,1H3. The van der Waals surface area contributed by atoms with Crippen LogP contribution in [0.25, 0.3) is 0 Å². The van der Waals surface area contributed by atoms with Crippen LogP contribution in [0.3, 0.4) is 0 Å². The largest absolute Gasteiger partial charge is 0.361 e. The van der Waals surface area contributed by atoms with Crippen LogP contribution in [-0.4, -0.2) is 32.1 Å². The summed E-state index contributed by atoms with van der Waals surface area (Å²) < 4.78 is 32.0. The Kier molecular flexibility index (Phi) is 3.18. The zero-order valence-electron chi connectivity index (χ0n) is 8.01. The minimum Gasteiger partial charge on any atom is -0.361 e. The van der Waals surface area contributed by atoms with Gasteiger partial charge in [-0.05, 0) is 35.0 Å². The number of thiophene rings is 1. The molecule has 0 radical (unpaired) electrons. The molecule has 1 aliphatic rings. The average Bonchev–Trinajstić information content (AvgIpc) is 2.74. The molecule has 0 aliphatic carbocycles. The summed E-state index contributed by atoms with van der Waals surface area (Å²) >= 11 is 4.47. The molecule has 2 heterocycles. The molecule has 0 spiro atoms. The van der Waals surface area contributed by atoms with Crippen LogP contribution >= 0.6 is 27.3 Å². The number of sulfonamides is 1. The zero-order chi connectivity index (χ0) is 11.1. The molecule has 1 unspecified atom stereocenters. The van der Waals surface area contributed by atoms with Crippen molar-refractivity contribution >= 4 is 37.3 Å². The fourth-order valence-corrected chi connectivity index (χ4v) is 5.10. The lowest BCUT2D eigenvalue weighted by atomic mass is 10.7. The van der Waals surface area contributed by atoms with Crippen LogP contribution in [0.1, 0.15) is 6.92 Å². The summed E-state index contributed by atoms with van der Waals surface area (Å²) in [7, 11) is -3.37. The molecule has 1 fully saturated rings. The summed E-state index contributed by atoms with van der Waals surface area (Å²) in [6.45, 7) is 2.64. The van der Waals surface area contributed by atoms with Gasteiger partial charge in [-0.15, -0.1) is 11.3 Å². The Labute approximate surface area is 101 Å². The number of halogens is 1. The van der Waals surface area contributed by atoms with Crippen LogP contribution in [0.15, 0.2) is 20.1 Å². The van der Waals surface area contributed by atoms with Gasteiger partial charge in [-0.2, -0.15) is 4.31 Å². The van der Waals surface area contributed by atoms with Crippen LogP contribution in [0.5, 0.6) is 0 Å². The fourth-order valence-electron chi connectivity index (χ4n) is 1.45. The van der Waals surface area contributed by atoms with Crippen molar-refractivity contribution in [2.45, 2.75) is 17.4 Å². The first kappa shape index (κ1) is 11.5. The molecule has 0 N–H and O–H groups in total. The Balaban J connectivity index is 2.34. The molecule has 4 nitrogen and oxygen atoms in total. The maximum atomic E-state index is 12.1. The minimum absolute atomic E-state index is 0.353. The first-order valence-corrected chi connectivity index (χ1v) is 7.45. The smallest absolute Gasteiger partial charge is 0.254 e. The van der Waals surface area contributed by atoms with Crippen molar-refractivity contribution in [1.82, 2.24) is 4.31 Å². The lowest BCUT2D eigenvalue weighted by Gasteiger charge is -2.17. The molecule has 84 valence electrons. The molecule has 1 aromatic rings. The topological polar surface area (TPSA) is 46.6 Å². The summed E-state index contributed by atoms with van der Waals surface area (Å²) in [5.41, 5.74) is 0. The number of ether oxygens (including phenoxy) is 1. The van der Waals surface area contributed by atoms with Gasteiger partial charge in [0.25, 0.3) is 10.0 Å². The van der Waals surface area contributed by atoms with Gasteiger partial charge < -0.3 is 4.74 Å². The summed E-state index contributed by atoms with van der Waals surface area (Å²) in [6.07, 6.45) is -0.365. The molecule has 1 atom stereocenters. The van der Waals surface area contributed by atoms with Gasteiger partial charge in [-0.1, -0.05) is 0 Å². The van der Waals surface area contributed by atoms with Crippen LogP contribution in [0.2, 0.25) is 0 Å². The Bertz CT molecular complexity index is 456. The van der Waals surface area contributed by atoms with E-state index in [0.29, 0.717) is 17.4 Å². The van der Waals surface area contributed by atoms with Gasteiger partial charge in [0.05, 0.1) is 10.4 Å². The first-order chi connectivity index (χ1) is 7.01. The van der Waals surface area contributed by atoms with Crippen molar-refractivity contribution in [1.29, 1.82) is 0 Å². The molecule has 15 heavy (non-hydrogen) atoms. The molecule has 1 aromatic heterocycles. The van der Waals surface area contributed by atoms with Gasteiger partial charge in [0.1, 0.15) is 10.4 Å². The van der Waals surface area contributed by atoms with Crippen LogP contribution < -0.4 is 0 Å². The third-order valence-electron chi connectivity index (χ3n) is 2.19. The van der Waals surface area contributed by atoms with Gasteiger partial charge >= 0.3 is 0 Å². The highest BCUT2D eigenvalue weighted by molar-refractivity contribution is 9.11. The number of hydrogen-bond acceptors (Lipinski definition) is 4.